The molecule has 1 aliphatic carbocycles. The van der Waals surface area contributed by atoms with Gasteiger partial charge in [0.15, 0.2) is 0 Å². The minimum Gasteiger partial charge on any atom is -0.462 e. The van der Waals surface area contributed by atoms with Gasteiger partial charge in [0.2, 0.25) is 0 Å². The minimum atomic E-state index is -0.336. The predicted molar refractivity (Wildman–Crippen MR) is 95.9 cm³/mol. The summed E-state index contributed by atoms with van der Waals surface area (Å²) < 4.78 is 5.14. The third-order valence-corrected chi connectivity index (χ3v) is 5.41. The van der Waals surface area contributed by atoms with Crippen LogP contribution in [0.5, 0.6) is 0 Å². The fraction of sp³-hybridized carbons (Fsp3) is 0.421. The molecule has 0 aliphatic heterocycles. The zero-order chi connectivity index (χ0) is 16.2. The molecule has 0 amide bonds. The topological polar surface area (TPSA) is 52.3 Å². The number of hydrogen-bond donors (Lipinski definition) is 1. The third-order valence-electron chi connectivity index (χ3n) is 4.60. The van der Waals surface area contributed by atoms with Crippen LogP contribution in [-0.2, 0) is 4.74 Å². The van der Waals surface area contributed by atoms with E-state index in [9.17, 15) is 4.79 Å². The third kappa shape index (κ3) is 3.42. The Hall–Kier alpha value is -1.81. The lowest BCUT2D eigenvalue weighted by molar-refractivity contribution is 0.0529. The highest BCUT2D eigenvalue weighted by Gasteiger charge is 2.20. The van der Waals surface area contributed by atoms with E-state index in [0.717, 1.165) is 11.1 Å². The van der Waals surface area contributed by atoms with Gasteiger partial charge in [-0.05, 0) is 36.8 Å². The van der Waals surface area contributed by atoms with E-state index in [0.29, 0.717) is 23.1 Å². The summed E-state index contributed by atoms with van der Waals surface area (Å²) in [6.45, 7) is 2.16. The van der Waals surface area contributed by atoms with Gasteiger partial charge in [0.05, 0.1) is 6.61 Å². The second-order valence-electron chi connectivity index (χ2n) is 6.07. The Morgan fingerprint density at radius 3 is 2.57 bits per heavy atom. The monoisotopic (exact) mass is 329 g/mol. The van der Waals surface area contributed by atoms with E-state index >= 15 is 0 Å². The van der Waals surface area contributed by atoms with Crippen LogP contribution in [0.3, 0.4) is 0 Å². The predicted octanol–water partition coefficient (Wildman–Crippen LogP) is 5.22. The first kappa shape index (κ1) is 16.1. The lowest BCUT2D eigenvalue weighted by Crippen LogP contribution is -2.07. The lowest BCUT2D eigenvalue weighted by atomic mass is 9.83. The number of esters is 1. The van der Waals surface area contributed by atoms with Crippen molar-refractivity contribution in [3.05, 3.63) is 40.8 Å². The van der Waals surface area contributed by atoms with Crippen LogP contribution in [0.4, 0.5) is 5.00 Å². The quantitative estimate of drug-likeness (QED) is 0.782. The number of nitrogen functional groups attached to an aromatic ring is 1. The molecule has 1 heterocycles. The van der Waals surface area contributed by atoms with Gasteiger partial charge in [-0.2, -0.15) is 0 Å². The molecule has 1 aromatic carbocycles. The molecule has 1 fully saturated rings. The maximum absolute atomic E-state index is 12.1. The number of thiophene rings is 1. The SMILES string of the molecule is CCOC(=O)c1c(-c2ccc(C3CCCCC3)cc2)csc1N. The van der Waals surface area contributed by atoms with Crippen LogP contribution in [0.15, 0.2) is 29.6 Å². The Morgan fingerprint density at radius 1 is 1.22 bits per heavy atom. The van der Waals surface area contributed by atoms with Crippen molar-refractivity contribution in [2.75, 3.05) is 12.3 Å². The number of carbonyl (C=O) groups is 1. The molecule has 0 spiro atoms. The average molecular weight is 329 g/mol. The van der Waals surface area contributed by atoms with E-state index in [4.69, 9.17) is 10.5 Å². The summed E-state index contributed by atoms with van der Waals surface area (Å²) >= 11 is 1.39. The standard InChI is InChI=1S/C19H23NO2S/c1-2-22-19(21)17-16(12-23-18(17)20)15-10-8-14(9-11-15)13-6-4-3-5-7-13/h8-13H,2-7,20H2,1H3. The molecule has 0 radical (unpaired) electrons. The number of rotatable bonds is 4. The molecule has 0 atom stereocenters. The van der Waals surface area contributed by atoms with Gasteiger partial charge in [-0.15, -0.1) is 11.3 Å². The Kier molecular flexibility index (Phi) is 5.01. The van der Waals surface area contributed by atoms with Gasteiger partial charge in [0, 0.05) is 10.9 Å². The van der Waals surface area contributed by atoms with Crippen LogP contribution in [0.2, 0.25) is 0 Å². The molecule has 23 heavy (non-hydrogen) atoms. The first-order chi connectivity index (χ1) is 11.2. The number of carbonyl (C=O) groups excluding carboxylic acids is 1. The van der Waals surface area contributed by atoms with Crippen molar-refractivity contribution in [1.82, 2.24) is 0 Å². The minimum absolute atomic E-state index is 0.336. The molecular formula is C19H23NO2S. The number of hydrogen-bond acceptors (Lipinski definition) is 4. The van der Waals surface area contributed by atoms with E-state index in [-0.39, 0.29) is 5.97 Å². The second-order valence-corrected chi connectivity index (χ2v) is 6.98. The summed E-state index contributed by atoms with van der Waals surface area (Å²) in [7, 11) is 0. The smallest absolute Gasteiger partial charge is 0.341 e. The van der Waals surface area contributed by atoms with Crippen molar-refractivity contribution in [2.24, 2.45) is 0 Å². The summed E-state index contributed by atoms with van der Waals surface area (Å²) in [5, 5.41) is 2.46. The molecule has 122 valence electrons. The van der Waals surface area contributed by atoms with Crippen LogP contribution in [0.1, 0.15) is 60.9 Å². The molecular weight excluding hydrogens is 306 g/mol. The first-order valence-electron chi connectivity index (χ1n) is 8.35. The van der Waals surface area contributed by atoms with E-state index < -0.39 is 0 Å². The molecule has 3 nitrogen and oxygen atoms in total. The van der Waals surface area contributed by atoms with Crippen molar-refractivity contribution in [3.63, 3.8) is 0 Å². The van der Waals surface area contributed by atoms with E-state index in [1.54, 1.807) is 6.92 Å². The molecule has 0 saturated heterocycles. The van der Waals surface area contributed by atoms with Crippen molar-refractivity contribution in [2.45, 2.75) is 44.9 Å². The Morgan fingerprint density at radius 2 is 1.91 bits per heavy atom. The van der Waals surface area contributed by atoms with Crippen LogP contribution in [0.25, 0.3) is 11.1 Å². The van der Waals surface area contributed by atoms with Crippen LogP contribution in [-0.4, -0.2) is 12.6 Å². The number of benzene rings is 1. The summed E-state index contributed by atoms with van der Waals surface area (Å²) in [5.74, 6) is 0.354. The second kappa shape index (κ2) is 7.18. The molecule has 0 unspecified atom stereocenters. The van der Waals surface area contributed by atoms with Crippen LogP contribution >= 0.6 is 11.3 Å². The van der Waals surface area contributed by atoms with Gasteiger partial charge < -0.3 is 10.5 Å². The zero-order valence-corrected chi connectivity index (χ0v) is 14.3. The number of anilines is 1. The van der Waals surface area contributed by atoms with Gasteiger partial charge >= 0.3 is 5.97 Å². The first-order valence-corrected chi connectivity index (χ1v) is 9.23. The Balaban J connectivity index is 1.86. The van der Waals surface area contributed by atoms with Gasteiger partial charge in [-0.1, -0.05) is 43.5 Å². The van der Waals surface area contributed by atoms with Crippen LogP contribution < -0.4 is 5.73 Å². The fourth-order valence-corrected chi connectivity index (χ4v) is 4.18. The maximum atomic E-state index is 12.1. The van der Waals surface area contributed by atoms with Crippen molar-refractivity contribution >= 4 is 22.3 Å². The van der Waals surface area contributed by atoms with Crippen molar-refractivity contribution in [3.8, 4) is 11.1 Å². The molecule has 2 aromatic rings. The van der Waals surface area contributed by atoms with Gasteiger partial charge in [0.1, 0.15) is 10.6 Å². The lowest BCUT2D eigenvalue weighted by Gasteiger charge is -2.22. The van der Waals surface area contributed by atoms with Crippen LogP contribution in [0, 0.1) is 0 Å². The maximum Gasteiger partial charge on any atom is 0.341 e. The molecule has 4 heteroatoms. The van der Waals surface area contributed by atoms with E-state index in [1.165, 1.54) is 49.0 Å². The van der Waals surface area contributed by atoms with E-state index in [2.05, 4.69) is 24.3 Å². The van der Waals surface area contributed by atoms with Crippen molar-refractivity contribution < 1.29 is 9.53 Å². The molecule has 1 aliphatic rings. The molecule has 1 saturated carbocycles. The number of nitrogens with two attached hydrogens (primary N) is 1. The van der Waals surface area contributed by atoms with E-state index in [1.807, 2.05) is 5.38 Å². The Labute approximate surface area is 141 Å². The summed E-state index contributed by atoms with van der Waals surface area (Å²) in [5.41, 5.74) is 9.79. The molecule has 1 aromatic heterocycles. The van der Waals surface area contributed by atoms with Gasteiger partial charge in [-0.3, -0.25) is 0 Å². The number of ether oxygens (including phenoxy) is 1. The molecule has 3 rings (SSSR count). The summed E-state index contributed by atoms with van der Waals surface area (Å²) in [4.78, 5) is 12.1. The highest BCUT2D eigenvalue weighted by Crippen LogP contribution is 2.37. The molecule has 0 bridgehead atoms. The van der Waals surface area contributed by atoms with Gasteiger partial charge in [-0.25, -0.2) is 4.79 Å². The average Bonchev–Trinajstić information content (AvgIpc) is 2.98. The largest absolute Gasteiger partial charge is 0.462 e. The van der Waals surface area contributed by atoms with Gasteiger partial charge in [0.25, 0.3) is 0 Å². The molecule has 2 N–H and O–H groups in total. The normalized spacial score (nSPS) is 15.5. The summed E-state index contributed by atoms with van der Waals surface area (Å²) in [6, 6.07) is 8.62. The Bertz CT molecular complexity index is 669. The highest BCUT2D eigenvalue weighted by atomic mass is 32.1. The zero-order valence-electron chi connectivity index (χ0n) is 13.5. The highest BCUT2D eigenvalue weighted by molar-refractivity contribution is 7.14. The fourth-order valence-electron chi connectivity index (χ4n) is 3.37. The van der Waals surface area contributed by atoms with Crippen molar-refractivity contribution in [1.29, 1.82) is 0 Å². The summed E-state index contributed by atoms with van der Waals surface area (Å²) in [6.07, 6.45) is 6.62.